The number of aryl methyl sites for hydroxylation is 1. The average molecular weight is 840 g/mol. The van der Waals surface area contributed by atoms with Gasteiger partial charge in [-0.3, -0.25) is 9.47 Å². The maximum Gasteiger partial charge on any atom is 0.137 e. The molecule has 65 heavy (non-hydrogen) atoms. The molecular weight excluding hydrogens is 795 g/mol. The van der Waals surface area contributed by atoms with Crippen LogP contribution in [0.1, 0.15) is 31.9 Å². The molecule has 0 atom stereocenters. The lowest BCUT2D eigenvalue weighted by atomic mass is 9.88. The number of para-hydroxylation sites is 5. The molecule has 1 aliphatic rings. The van der Waals surface area contributed by atoms with E-state index < -0.39 is 0 Å². The van der Waals surface area contributed by atoms with Crippen molar-refractivity contribution in [2.75, 3.05) is 4.90 Å². The minimum Gasteiger partial charge on any atom is -0.457 e. The van der Waals surface area contributed by atoms with Gasteiger partial charge in [-0.05, 0) is 101 Å². The Morgan fingerprint density at radius 2 is 1.14 bits per heavy atom. The third-order valence-electron chi connectivity index (χ3n) is 12.9. The van der Waals surface area contributed by atoms with Crippen molar-refractivity contribution in [3.8, 4) is 45.3 Å². The Hall–Kier alpha value is -8.22. The van der Waals surface area contributed by atoms with Crippen molar-refractivity contribution >= 4 is 67.0 Å². The highest BCUT2D eigenvalue weighted by Crippen LogP contribution is 2.49. The quantitative estimate of drug-likeness (QED) is 0.128. The second kappa shape index (κ2) is 15.0. The van der Waals surface area contributed by atoms with Crippen LogP contribution in [-0.2, 0) is 5.41 Å². The second-order valence-electron chi connectivity index (χ2n) is 18.0. The van der Waals surface area contributed by atoms with Gasteiger partial charge in [0.1, 0.15) is 23.7 Å². The molecule has 6 heteroatoms. The molecule has 0 radical (unpaired) electrons. The van der Waals surface area contributed by atoms with E-state index in [2.05, 4.69) is 199 Å². The maximum absolute atomic E-state index is 7.00. The van der Waals surface area contributed by atoms with Gasteiger partial charge < -0.3 is 9.30 Å². The molecule has 3 aromatic heterocycles. The van der Waals surface area contributed by atoms with Crippen molar-refractivity contribution < 1.29 is 4.74 Å². The first-order chi connectivity index (χ1) is 31.8. The maximum atomic E-state index is 7.00. The first-order valence-electron chi connectivity index (χ1n) is 22.2. The van der Waals surface area contributed by atoms with Gasteiger partial charge >= 0.3 is 0 Å². The van der Waals surface area contributed by atoms with Gasteiger partial charge in [0, 0.05) is 51.0 Å². The molecule has 312 valence electrons. The van der Waals surface area contributed by atoms with Gasteiger partial charge in [-0.15, -0.1) is 0 Å². The lowest BCUT2D eigenvalue weighted by Crippen LogP contribution is -2.19. The third kappa shape index (κ3) is 6.32. The van der Waals surface area contributed by atoms with E-state index in [-0.39, 0.29) is 5.41 Å². The number of fused-ring (bicyclic) bond motifs is 12. The minimum absolute atomic E-state index is 0.0300. The molecule has 0 aliphatic carbocycles. The highest BCUT2D eigenvalue weighted by Gasteiger charge is 2.27. The molecule has 0 unspecified atom stereocenters. The van der Waals surface area contributed by atoms with Gasteiger partial charge in [0.15, 0.2) is 0 Å². The predicted molar refractivity (Wildman–Crippen MR) is 270 cm³/mol. The molecule has 0 saturated heterocycles. The highest BCUT2D eigenvalue weighted by molar-refractivity contribution is 6.16. The fourth-order valence-corrected chi connectivity index (χ4v) is 9.86. The summed E-state index contributed by atoms with van der Waals surface area (Å²) in [6, 6.07) is 66.7. The fourth-order valence-electron chi connectivity index (χ4n) is 9.86. The van der Waals surface area contributed by atoms with Crippen molar-refractivity contribution in [2.45, 2.75) is 33.1 Å². The van der Waals surface area contributed by atoms with Gasteiger partial charge in [0.2, 0.25) is 0 Å². The highest BCUT2D eigenvalue weighted by atomic mass is 16.5. The summed E-state index contributed by atoms with van der Waals surface area (Å²) in [5.74, 6) is 2.31. The van der Waals surface area contributed by atoms with Crippen LogP contribution in [0.2, 0.25) is 0 Å². The Morgan fingerprint density at radius 3 is 1.94 bits per heavy atom. The van der Waals surface area contributed by atoms with Crippen molar-refractivity contribution in [2.24, 2.45) is 4.99 Å². The summed E-state index contributed by atoms with van der Waals surface area (Å²) in [7, 11) is 0. The predicted octanol–water partition coefficient (Wildman–Crippen LogP) is 15.8. The topological polar surface area (TPSA) is 47.6 Å². The number of hydrogen-bond acceptors (Lipinski definition) is 3. The van der Waals surface area contributed by atoms with Crippen molar-refractivity contribution in [1.82, 2.24) is 14.1 Å². The number of aliphatic imine (C=N–C) groups is 1. The van der Waals surface area contributed by atoms with E-state index in [1.54, 1.807) is 0 Å². The average Bonchev–Trinajstić information content (AvgIpc) is 3.85. The molecule has 0 amide bonds. The van der Waals surface area contributed by atoms with Crippen LogP contribution in [0.5, 0.6) is 11.5 Å². The molecule has 6 nitrogen and oxygen atoms in total. The fraction of sp³-hybridized carbons (Fsp3) is 0.0847. The largest absolute Gasteiger partial charge is 0.457 e. The summed E-state index contributed by atoms with van der Waals surface area (Å²) in [4.78, 5) is 12.4. The molecule has 0 N–H and O–H groups in total. The van der Waals surface area contributed by atoms with Crippen LogP contribution in [0.4, 0.5) is 17.1 Å². The van der Waals surface area contributed by atoms with Crippen molar-refractivity contribution in [3.05, 3.63) is 205 Å². The van der Waals surface area contributed by atoms with Gasteiger partial charge in [0.25, 0.3) is 0 Å². The number of ether oxygens (including phenoxy) is 1. The Bertz CT molecular complexity index is 3700. The van der Waals surface area contributed by atoms with Crippen LogP contribution in [0.15, 0.2) is 199 Å². The SMILES string of the molecule is Cc1cccc2c1N(C=Nc1ccccc1)c1cc(Oc3ccc4c5ccccc5n(-c5cc(C(C)(C)C)ccn5)c4c3)ccc1-c1ccccc1-c1cccc3c4ccccc4n-2c13. The number of benzene rings is 8. The Balaban J connectivity index is 1.10. The number of aromatic nitrogens is 3. The summed E-state index contributed by atoms with van der Waals surface area (Å²) in [5.41, 5.74) is 15.1. The van der Waals surface area contributed by atoms with E-state index in [0.717, 1.165) is 78.5 Å². The number of anilines is 2. The van der Waals surface area contributed by atoms with E-state index in [0.29, 0.717) is 5.75 Å². The first kappa shape index (κ1) is 38.5. The zero-order valence-corrected chi connectivity index (χ0v) is 36.7. The lowest BCUT2D eigenvalue weighted by molar-refractivity contribution is 0.483. The monoisotopic (exact) mass is 839 g/mol. The van der Waals surface area contributed by atoms with Gasteiger partial charge in [-0.25, -0.2) is 9.98 Å². The zero-order chi connectivity index (χ0) is 43.8. The van der Waals surface area contributed by atoms with Crippen LogP contribution in [0, 0.1) is 6.92 Å². The summed E-state index contributed by atoms with van der Waals surface area (Å²) in [5, 5.41) is 4.73. The Labute approximate surface area is 378 Å². The molecule has 12 rings (SSSR count). The summed E-state index contributed by atoms with van der Waals surface area (Å²) in [6.45, 7) is 8.91. The number of pyridine rings is 1. The zero-order valence-electron chi connectivity index (χ0n) is 36.7. The van der Waals surface area contributed by atoms with Crippen LogP contribution in [0.25, 0.3) is 77.4 Å². The van der Waals surface area contributed by atoms with Crippen LogP contribution in [-0.4, -0.2) is 20.5 Å². The molecule has 1 aliphatic heterocycles. The lowest BCUT2D eigenvalue weighted by Gasteiger charge is -2.30. The van der Waals surface area contributed by atoms with Crippen LogP contribution in [0.3, 0.4) is 0 Å². The van der Waals surface area contributed by atoms with E-state index in [1.165, 1.54) is 32.8 Å². The van der Waals surface area contributed by atoms with E-state index in [4.69, 9.17) is 14.7 Å². The Morgan fingerprint density at radius 1 is 0.508 bits per heavy atom. The summed E-state index contributed by atoms with van der Waals surface area (Å²) < 4.78 is 11.7. The van der Waals surface area contributed by atoms with Gasteiger partial charge in [-0.2, -0.15) is 0 Å². The third-order valence-corrected chi connectivity index (χ3v) is 12.9. The standard InChI is InChI=1S/C59H45N5O/c1-38-16-14-27-53-57(38)62(37-61-40-17-6-5-7-18-40)54-35-41(28-30-47(54)43-19-8-9-20-44(43)49-23-15-24-50-46-22-11-13-26-52(46)64(53)58(49)50)65-42-29-31-48-45-21-10-12-25-51(45)63(55(48)36-42)56-34-39(32-33-60-56)59(2,3)4/h5-37H,1-4H3. The summed E-state index contributed by atoms with van der Waals surface area (Å²) in [6.07, 6.45) is 3.90. The molecular formula is C59H45N5O. The Kier molecular flexibility index (Phi) is 8.85. The molecule has 4 heterocycles. The van der Waals surface area contributed by atoms with Crippen molar-refractivity contribution in [3.63, 3.8) is 0 Å². The molecule has 8 aromatic carbocycles. The number of nitrogens with zero attached hydrogens (tertiary/aromatic N) is 5. The molecule has 0 bridgehead atoms. The van der Waals surface area contributed by atoms with Crippen LogP contribution >= 0.6 is 0 Å². The number of hydrogen-bond donors (Lipinski definition) is 0. The summed E-state index contributed by atoms with van der Waals surface area (Å²) >= 11 is 0. The first-order valence-corrected chi connectivity index (χ1v) is 22.2. The van der Waals surface area contributed by atoms with Crippen molar-refractivity contribution in [1.29, 1.82) is 0 Å². The van der Waals surface area contributed by atoms with Crippen LogP contribution < -0.4 is 9.64 Å². The van der Waals surface area contributed by atoms with Gasteiger partial charge in [-0.1, -0.05) is 130 Å². The molecule has 0 fully saturated rings. The van der Waals surface area contributed by atoms with E-state index in [1.807, 2.05) is 42.9 Å². The number of rotatable bonds is 5. The molecule has 0 spiro atoms. The molecule has 11 aromatic rings. The van der Waals surface area contributed by atoms with E-state index >= 15 is 0 Å². The van der Waals surface area contributed by atoms with Gasteiger partial charge in [0.05, 0.1) is 44.8 Å². The second-order valence-corrected chi connectivity index (χ2v) is 18.0. The minimum atomic E-state index is -0.0300. The smallest absolute Gasteiger partial charge is 0.137 e. The molecule has 0 saturated carbocycles. The van der Waals surface area contributed by atoms with E-state index in [9.17, 15) is 0 Å². The normalized spacial score (nSPS) is 12.5.